The summed E-state index contributed by atoms with van der Waals surface area (Å²) >= 11 is 6.11. The fraction of sp³-hybridized carbons (Fsp3) is 0.0526. The van der Waals surface area contributed by atoms with Crippen LogP contribution < -0.4 is 10.6 Å². The van der Waals surface area contributed by atoms with E-state index in [1.807, 2.05) is 25.1 Å². The molecule has 3 aromatic rings. The average Bonchev–Trinajstić information content (AvgIpc) is 3.07. The van der Waals surface area contributed by atoms with E-state index in [1.54, 1.807) is 36.4 Å². The second-order valence-electron chi connectivity index (χ2n) is 5.37. The summed E-state index contributed by atoms with van der Waals surface area (Å²) < 4.78 is 5.51. The molecule has 5 nitrogen and oxygen atoms in total. The van der Waals surface area contributed by atoms with Crippen LogP contribution >= 0.6 is 11.6 Å². The molecule has 0 saturated heterocycles. The molecule has 0 unspecified atom stereocenters. The lowest BCUT2D eigenvalue weighted by Crippen LogP contribution is -2.34. The van der Waals surface area contributed by atoms with Gasteiger partial charge in [-0.25, -0.2) is 4.79 Å². The molecule has 0 radical (unpaired) electrons. The van der Waals surface area contributed by atoms with E-state index in [9.17, 15) is 9.59 Å². The Bertz CT molecular complexity index is 934. The van der Waals surface area contributed by atoms with Crippen LogP contribution in [0.3, 0.4) is 0 Å². The minimum atomic E-state index is -0.635. The van der Waals surface area contributed by atoms with Gasteiger partial charge in [0.05, 0.1) is 5.02 Å². The molecule has 0 aliphatic rings. The SMILES string of the molecule is Cc1ccccc1NC(=O)NC(=O)c1ccc(-c2ccccc2Cl)o1. The fourth-order valence-electron chi connectivity index (χ4n) is 2.30. The Labute approximate surface area is 149 Å². The van der Waals surface area contributed by atoms with Crippen molar-refractivity contribution in [2.75, 3.05) is 5.32 Å². The van der Waals surface area contributed by atoms with Crippen LogP contribution in [-0.4, -0.2) is 11.9 Å². The number of rotatable bonds is 3. The quantitative estimate of drug-likeness (QED) is 0.704. The zero-order valence-corrected chi connectivity index (χ0v) is 14.1. The minimum absolute atomic E-state index is 0.0230. The third-order valence-electron chi connectivity index (χ3n) is 3.59. The molecule has 3 amide bonds. The maximum atomic E-state index is 12.2. The van der Waals surface area contributed by atoms with E-state index in [0.717, 1.165) is 5.56 Å². The molecule has 0 aliphatic heterocycles. The predicted octanol–water partition coefficient (Wildman–Crippen LogP) is 4.87. The average molecular weight is 355 g/mol. The van der Waals surface area contributed by atoms with Crippen molar-refractivity contribution in [1.82, 2.24) is 5.32 Å². The molecule has 3 rings (SSSR count). The largest absolute Gasteiger partial charge is 0.451 e. The smallest absolute Gasteiger partial charge is 0.326 e. The number of hydrogen-bond donors (Lipinski definition) is 2. The van der Waals surface area contributed by atoms with E-state index >= 15 is 0 Å². The van der Waals surface area contributed by atoms with E-state index in [4.69, 9.17) is 16.0 Å². The second-order valence-corrected chi connectivity index (χ2v) is 5.77. The normalized spacial score (nSPS) is 10.3. The maximum Gasteiger partial charge on any atom is 0.326 e. The number of urea groups is 1. The Balaban J connectivity index is 1.69. The Morgan fingerprint density at radius 3 is 2.44 bits per heavy atom. The lowest BCUT2D eigenvalue weighted by Gasteiger charge is -2.08. The van der Waals surface area contributed by atoms with Crippen LogP contribution in [0.15, 0.2) is 65.1 Å². The monoisotopic (exact) mass is 354 g/mol. The number of anilines is 1. The number of halogens is 1. The lowest BCUT2D eigenvalue weighted by molar-refractivity contribution is 0.0940. The number of amides is 3. The minimum Gasteiger partial charge on any atom is -0.451 e. The van der Waals surface area contributed by atoms with Crippen LogP contribution in [-0.2, 0) is 0 Å². The van der Waals surface area contributed by atoms with E-state index in [0.29, 0.717) is 22.0 Å². The molecule has 1 heterocycles. The lowest BCUT2D eigenvalue weighted by atomic mass is 10.2. The van der Waals surface area contributed by atoms with Crippen LogP contribution in [0, 0.1) is 6.92 Å². The van der Waals surface area contributed by atoms with Crippen LogP contribution in [0.5, 0.6) is 0 Å². The number of para-hydroxylation sites is 1. The number of hydrogen-bond acceptors (Lipinski definition) is 3. The number of aryl methyl sites for hydroxylation is 1. The van der Waals surface area contributed by atoms with Gasteiger partial charge in [-0.3, -0.25) is 10.1 Å². The molecule has 0 bridgehead atoms. The van der Waals surface area contributed by atoms with Crippen molar-refractivity contribution < 1.29 is 14.0 Å². The van der Waals surface area contributed by atoms with Gasteiger partial charge in [0.2, 0.25) is 0 Å². The van der Waals surface area contributed by atoms with Gasteiger partial charge in [0, 0.05) is 11.3 Å². The highest BCUT2D eigenvalue weighted by Crippen LogP contribution is 2.29. The van der Waals surface area contributed by atoms with Gasteiger partial charge in [0.1, 0.15) is 5.76 Å². The molecule has 25 heavy (non-hydrogen) atoms. The highest BCUT2D eigenvalue weighted by molar-refractivity contribution is 6.33. The molecule has 1 aromatic heterocycles. The summed E-state index contributed by atoms with van der Waals surface area (Å²) in [5.41, 5.74) is 2.20. The Hall–Kier alpha value is -3.05. The first-order valence-corrected chi connectivity index (χ1v) is 7.95. The first-order valence-electron chi connectivity index (χ1n) is 7.57. The summed E-state index contributed by atoms with van der Waals surface area (Å²) in [4.78, 5) is 24.1. The van der Waals surface area contributed by atoms with Crippen LogP contribution in [0.2, 0.25) is 5.02 Å². The van der Waals surface area contributed by atoms with Crippen molar-refractivity contribution in [3.63, 3.8) is 0 Å². The van der Waals surface area contributed by atoms with Gasteiger partial charge in [0.25, 0.3) is 5.91 Å². The van der Waals surface area contributed by atoms with Gasteiger partial charge in [-0.1, -0.05) is 41.9 Å². The molecule has 2 N–H and O–H groups in total. The van der Waals surface area contributed by atoms with Crippen molar-refractivity contribution in [2.24, 2.45) is 0 Å². The Morgan fingerprint density at radius 1 is 0.960 bits per heavy atom. The van der Waals surface area contributed by atoms with Crippen LogP contribution in [0.1, 0.15) is 16.1 Å². The van der Waals surface area contributed by atoms with Crippen molar-refractivity contribution in [3.05, 3.63) is 77.0 Å². The first-order chi connectivity index (χ1) is 12.0. The summed E-state index contributed by atoms with van der Waals surface area (Å²) in [5, 5.41) is 5.38. The number of furan rings is 1. The summed E-state index contributed by atoms with van der Waals surface area (Å²) in [6.45, 7) is 1.86. The van der Waals surface area contributed by atoms with Gasteiger partial charge >= 0.3 is 6.03 Å². The van der Waals surface area contributed by atoms with Gasteiger partial charge in [-0.05, 0) is 42.8 Å². The second kappa shape index (κ2) is 7.23. The maximum absolute atomic E-state index is 12.2. The van der Waals surface area contributed by atoms with Crippen molar-refractivity contribution >= 4 is 29.2 Å². The molecule has 0 spiro atoms. The molecular formula is C19H15ClN2O3. The van der Waals surface area contributed by atoms with Crippen LogP contribution in [0.4, 0.5) is 10.5 Å². The summed E-state index contributed by atoms with van der Waals surface area (Å²) in [5.74, 6) is -0.158. The molecule has 6 heteroatoms. The van der Waals surface area contributed by atoms with E-state index in [2.05, 4.69) is 10.6 Å². The molecular weight excluding hydrogens is 340 g/mol. The van der Waals surface area contributed by atoms with Gasteiger partial charge < -0.3 is 9.73 Å². The van der Waals surface area contributed by atoms with E-state index in [1.165, 1.54) is 6.07 Å². The Kier molecular flexibility index (Phi) is 4.86. The van der Waals surface area contributed by atoms with E-state index < -0.39 is 11.9 Å². The standard InChI is InChI=1S/C19H15ClN2O3/c1-12-6-2-5-9-15(12)21-19(24)22-18(23)17-11-10-16(25-17)13-7-3-4-8-14(13)20/h2-11H,1H3,(H2,21,22,23,24). The predicted molar refractivity (Wildman–Crippen MR) is 96.8 cm³/mol. The summed E-state index contributed by atoms with van der Waals surface area (Å²) in [7, 11) is 0. The molecule has 0 aliphatic carbocycles. The number of carbonyl (C=O) groups excluding carboxylic acids is 2. The number of nitrogens with one attached hydrogen (secondary N) is 2. The van der Waals surface area contributed by atoms with Crippen molar-refractivity contribution in [1.29, 1.82) is 0 Å². The molecule has 0 fully saturated rings. The Morgan fingerprint density at radius 2 is 1.68 bits per heavy atom. The number of carbonyl (C=O) groups is 2. The zero-order valence-electron chi connectivity index (χ0n) is 13.4. The highest BCUT2D eigenvalue weighted by atomic mass is 35.5. The molecule has 2 aromatic carbocycles. The molecule has 0 saturated carbocycles. The highest BCUT2D eigenvalue weighted by Gasteiger charge is 2.16. The molecule has 0 atom stereocenters. The molecule has 126 valence electrons. The van der Waals surface area contributed by atoms with E-state index in [-0.39, 0.29) is 5.76 Å². The summed E-state index contributed by atoms with van der Waals surface area (Å²) in [6, 6.07) is 16.9. The number of imide groups is 1. The zero-order chi connectivity index (χ0) is 17.8. The summed E-state index contributed by atoms with van der Waals surface area (Å²) in [6.07, 6.45) is 0. The van der Waals surface area contributed by atoms with Crippen molar-refractivity contribution in [2.45, 2.75) is 6.92 Å². The third-order valence-corrected chi connectivity index (χ3v) is 3.92. The fourth-order valence-corrected chi connectivity index (χ4v) is 2.53. The van der Waals surface area contributed by atoms with Gasteiger partial charge in [-0.15, -0.1) is 0 Å². The van der Waals surface area contributed by atoms with Crippen LogP contribution in [0.25, 0.3) is 11.3 Å². The van der Waals surface area contributed by atoms with Crippen molar-refractivity contribution in [3.8, 4) is 11.3 Å². The third kappa shape index (κ3) is 3.89. The van der Waals surface area contributed by atoms with Gasteiger partial charge in [-0.2, -0.15) is 0 Å². The number of benzene rings is 2. The topological polar surface area (TPSA) is 71.3 Å². The van der Waals surface area contributed by atoms with Gasteiger partial charge in [0.15, 0.2) is 5.76 Å². The first kappa shape index (κ1) is 16.8.